The first-order chi connectivity index (χ1) is 18.4. The zero-order valence-electron chi connectivity index (χ0n) is 20.2. The molecule has 1 aliphatic heterocycles. The molecular formula is C28H21F9O2. The van der Waals surface area contributed by atoms with Crippen LogP contribution in [0.25, 0.3) is 11.1 Å². The van der Waals surface area contributed by atoms with Crippen LogP contribution in [0.3, 0.4) is 0 Å². The average Bonchev–Trinajstić information content (AvgIpc) is 2.83. The minimum atomic E-state index is -5.36. The van der Waals surface area contributed by atoms with Crippen LogP contribution in [0.5, 0.6) is 5.75 Å². The maximum absolute atomic E-state index is 15.0. The monoisotopic (exact) mass is 560 g/mol. The van der Waals surface area contributed by atoms with Crippen LogP contribution in [0.4, 0.5) is 39.5 Å². The standard InChI is InChI=1S/C28H21F9O2/c1-2-3-14-4-5-25(38-13-14)16-9-21(31)26(22(32)10-16)17-11-19(29)18(20(30)12-17)6-15-7-23(33)27(24(34)8-15)39-28(35,36)37/h2,7-12,14,25H,1,3-6,13H2. The van der Waals surface area contributed by atoms with E-state index >= 15 is 0 Å². The highest BCUT2D eigenvalue weighted by atomic mass is 19.4. The van der Waals surface area contributed by atoms with Crippen molar-refractivity contribution in [2.45, 2.75) is 38.1 Å². The van der Waals surface area contributed by atoms with Gasteiger partial charge in [-0.25, -0.2) is 26.3 Å². The Balaban J connectivity index is 1.58. The molecule has 0 amide bonds. The minimum Gasteiger partial charge on any atom is -0.399 e. The average molecular weight is 560 g/mol. The molecule has 3 aromatic carbocycles. The van der Waals surface area contributed by atoms with Crippen molar-refractivity contribution in [1.29, 1.82) is 0 Å². The van der Waals surface area contributed by atoms with E-state index in [1.54, 1.807) is 6.08 Å². The molecule has 11 heteroatoms. The van der Waals surface area contributed by atoms with Gasteiger partial charge in [-0.15, -0.1) is 19.8 Å². The Morgan fingerprint density at radius 1 is 0.821 bits per heavy atom. The second-order valence-corrected chi connectivity index (χ2v) is 9.18. The number of alkyl halides is 3. The van der Waals surface area contributed by atoms with E-state index in [4.69, 9.17) is 4.74 Å². The van der Waals surface area contributed by atoms with Crippen LogP contribution in [-0.2, 0) is 11.2 Å². The Bertz CT molecular complexity index is 1310. The summed E-state index contributed by atoms with van der Waals surface area (Å²) in [6.07, 6.45) is -2.86. The van der Waals surface area contributed by atoms with E-state index < -0.39 is 81.8 Å². The zero-order chi connectivity index (χ0) is 28.5. The van der Waals surface area contributed by atoms with Gasteiger partial charge in [-0.1, -0.05) is 6.08 Å². The smallest absolute Gasteiger partial charge is 0.399 e. The van der Waals surface area contributed by atoms with Crippen LogP contribution in [0.2, 0.25) is 0 Å². The van der Waals surface area contributed by atoms with Crippen molar-refractivity contribution in [2.75, 3.05) is 6.61 Å². The predicted octanol–water partition coefficient (Wildman–Crippen LogP) is 8.72. The van der Waals surface area contributed by atoms with Crippen LogP contribution >= 0.6 is 0 Å². The molecule has 208 valence electrons. The lowest BCUT2D eigenvalue weighted by Crippen LogP contribution is -2.20. The van der Waals surface area contributed by atoms with Gasteiger partial charge in [0, 0.05) is 12.0 Å². The summed E-state index contributed by atoms with van der Waals surface area (Å²) in [4.78, 5) is 0. The van der Waals surface area contributed by atoms with Crippen molar-refractivity contribution >= 4 is 0 Å². The molecule has 0 N–H and O–H groups in total. The second kappa shape index (κ2) is 11.3. The van der Waals surface area contributed by atoms with Crippen molar-refractivity contribution in [3.05, 3.63) is 101 Å². The second-order valence-electron chi connectivity index (χ2n) is 9.18. The van der Waals surface area contributed by atoms with Crippen LogP contribution in [0, 0.1) is 40.8 Å². The Kier molecular flexibility index (Phi) is 8.29. The summed E-state index contributed by atoms with van der Waals surface area (Å²) in [7, 11) is 0. The van der Waals surface area contributed by atoms with Gasteiger partial charge in [0.1, 0.15) is 23.3 Å². The maximum atomic E-state index is 15.0. The van der Waals surface area contributed by atoms with Crippen molar-refractivity contribution in [3.63, 3.8) is 0 Å². The lowest BCUT2D eigenvalue weighted by Gasteiger charge is -2.29. The van der Waals surface area contributed by atoms with Crippen LogP contribution < -0.4 is 4.74 Å². The molecular weight excluding hydrogens is 539 g/mol. The van der Waals surface area contributed by atoms with E-state index in [1.165, 1.54) is 0 Å². The number of rotatable bonds is 7. The zero-order valence-corrected chi connectivity index (χ0v) is 20.2. The fourth-order valence-corrected chi connectivity index (χ4v) is 4.59. The third-order valence-electron chi connectivity index (χ3n) is 6.39. The molecule has 1 aliphatic rings. The summed E-state index contributed by atoms with van der Waals surface area (Å²) in [5.74, 6) is -9.63. The van der Waals surface area contributed by atoms with E-state index in [0.717, 1.165) is 25.0 Å². The van der Waals surface area contributed by atoms with Gasteiger partial charge >= 0.3 is 6.36 Å². The molecule has 2 nitrogen and oxygen atoms in total. The van der Waals surface area contributed by atoms with Crippen LogP contribution in [0.1, 0.15) is 42.1 Å². The molecule has 0 radical (unpaired) electrons. The van der Waals surface area contributed by atoms with Gasteiger partial charge < -0.3 is 9.47 Å². The highest BCUT2D eigenvalue weighted by Gasteiger charge is 2.34. The third-order valence-corrected chi connectivity index (χ3v) is 6.39. The normalized spacial score (nSPS) is 17.8. The predicted molar refractivity (Wildman–Crippen MR) is 124 cm³/mol. The van der Waals surface area contributed by atoms with Crippen molar-refractivity contribution in [2.24, 2.45) is 5.92 Å². The fourth-order valence-electron chi connectivity index (χ4n) is 4.59. The lowest BCUT2D eigenvalue weighted by molar-refractivity contribution is -0.276. The first-order valence-electron chi connectivity index (χ1n) is 11.8. The van der Waals surface area contributed by atoms with Crippen molar-refractivity contribution in [1.82, 2.24) is 0 Å². The molecule has 0 spiro atoms. The molecule has 39 heavy (non-hydrogen) atoms. The van der Waals surface area contributed by atoms with Crippen molar-refractivity contribution in [3.8, 4) is 16.9 Å². The van der Waals surface area contributed by atoms with Gasteiger partial charge in [0.25, 0.3) is 0 Å². The third kappa shape index (κ3) is 6.58. The molecule has 2 atom stereocenters. The minimum absolute atomic E-state index is 0.241. The molecule has 1 saturated heterocycles. The fraction of sp³-hybridized carbons (Fsp3) is 0.286. The molecule has 0 aromatic heterocycles. The maximum Gasteiger partial charge on any atom is 0.573 e. The van der Waals surface area contributed by atoms with E-state index in [1.807, 2.05) is 0 Å². The van der Waals surface area contributed by atoms with E-state index in [0.29, 0.717) is 37.3 Å². The molecule has 0 aliphatic carbocycles. The highest BCUT2D eigenvalue weighted by Crippen LogP contribution is 2.37. The quantitative estimate of drug-likeness (QED) is 0.213. The summed E-state index contributed by atoms with van der Waals surface area (Å²) in [6.45, 7) is 4.07. The summed E-state index contributed by atoms with van der Waals surface area (Å²) >= 11 is 0. The molecule has 1 fully saturated rings. The van der Waals surface area contributed by atoms with Crippen LogP contribution in [-0.4, -0.2) is 13.0 Å². The van der Waals surface area contributed by atoms with Gasteiger partial charge in [0.15, 0.2) is 11.6 Å². The van der Waals surface area contributed by atoms with Crippen molar-refractivity contribution < 1.29 is 49.0 Å². The number of benzene rings is 3. The molecule has 1 heterocycles. The van der Waals surface area contributed by atoms with Gasteiger partial charge in [-0.05, 0) is 78.3 Å². The van der Waals surface area contributed by atoms with E-state index in [-0.39, 0.29) is 11.5 Å². The Morgan fingerprint density at radius 3 is 1.90 bits per heavy atom. The van der Waals surface area contributed by atoms with Gasteiger partial charge in [0.2, 0.25) is 5.75 Å². The largest absolute Gasteiger partial charge is 0.573 e. The number of allylic oxidation sites excluding steroid dienone is 1. The van der Waals surface area contributed by atoms with Crippen LogP contribution in [0.15, 0.2) is 49.1 Å². The molecule has 2 unspecified atom stereocenters. The molecule has 0 saturated carbocycles. The summed E-state index contributed by atoms with van der Waals surface area (Å²) < 4.78 is 134. The summed E-state index contributed by atoms with van der Waals surface area (Å²) in [5.41, 5.74) is -2.03. The van der Waals surface area contributed by atoms with E-state index in [9.17, 15) is 39.5 Å². The number of halogens is 9. The number of ether oxygens (including phenoxy) is 2. The van der Waals surface area contributed by atoms with E-state index in [2.05, 4.69) is 11.3 Å². The Hall–Kier alpha value is -3.47. The highest BCUT2D eigenvalue weighted by molar-refractivity contribution is 5.66. The SMILES string of the molecule is C=CCC1CCC(c2cc(F)c(-c3cc(F)c(Cc4cc(F)c(OC(F)(F)F)c(F)c4)c(F)c3)c(F)c2)OC1. The van der Waals surface area contributed by atoms with Gasteiger partial charge in [0.05, 0.1) is 18.3 Å². The first kappa shape index (κ1) is 28.5. The van der Waals surface area contributed by atoms with Gasteiger partial charge in [-0.3, -0.25) is 0 Å². The Labute approximate surface area is 217 Å². The molecule has 0 bridgehead atoms. The molecule has 4 rings (SSSR count). The molecule has 3 aromatic rings. The summed E-state index contributed by atoms with van der Waals surface area (Å²) in [6, 6.07) is 4.26. The Morgan fingerprint density at radius 2 is 1.41 bits per heavy atom. The lowest BCUT2D eigenvalue weighted by atomic mass is 9.91. The number of hydrogen-bond donors (Lipinski definition) is 0. The topological polar surface area (TPSA) is 18.5 Å². The first-order valence-corrected chi connectivity index (χ1v) is 11.8. The number of hydrogen-bond acceptors (Lipinski definition) is 2. The van der Waals surface area contributed by atoms with Gasteiger partial charge in [-0.2, -0.15) is 0 Å². The summed E-state index contributed by atoms with van der Waals surface area (Å²) in [5, 5.41) is 0.